The fraction of sp³-hybridized carbons (Fsp3) is 0.875. The summed E-state index contributed by atoms with van der Waals surface area (Å²) in [7, 11) is 0. The molecule has 0 radical (unpaired) electrons. The summed E-state index contributed by atoms with van der Waals surface area (Å²) < 4.78 is 4.92. The van der Waals surface area contributed by atoms with E-state index < -0.39 is 43.3 Å². The lowest BCUT2D eigenvalue weighted by atomic mass is 9.94. The van der Waals surface area contributed by atoms with Crippen LogP contribution >= 0.6 is 0 Å². The molecule has 8 heteroatoms. The number of carbonyl (C=O) groups excluding carboxylic acids is 1. The maximum absolute atomic E-state index is 12.0. The van der Waals surface area contributed by atoms with Gasteiger partial charge in [0.25, 0.3) is 0 Å². The smallest absolute Gasteiger partial charge is 0.309 e. The van der Waals surface area contributed by atoms with Crippen molar-refractivity contribution in [3.63, 3.8) is 0 Å². The lowest BCUT2D eigenvalue weighted by Gasteiger charge is -2.19. The number of unbranched alkanes of at least 4 members (excludes halogenated alkanes) is 4. The maximum atomic E-state index is 12.0. The number of aliphatic carboxylic acids is 1. The highest BCUT2D eigenvalue weighted by Gasteiger charge is 2.23. The molecule has 0 heterocycles. The molecule has 0 aromatic rings. The number of rotatable bonds is 15. The van der Waals surface area contributed by atoms with Crippen LogP contribution in [0, 0.1) is 5.92 Å². The summed E-state index contributed by atoms with van der Waals surface area (Å²) in [5.41, 5.74) is 0. The number of hydrogen-bond donors (Lipinski definition) is 5. The van der Waals surface area contributed by atoms with Gasteiger partial charge in [0, 0.05) is 6.42 Å². The van der Waals surface area contributed by atoms with E-state index in [-0.39, 0.29) is 19.4 Å². The second-order valence-corrected chi connectivity index (χ2v) is 5.94. The van der Waals surface area contributed by atoms with Gasteiger partial charge in [-0.25, -0.2) is 0 Å². The first-order valence-corrected chi connectivity index (χ1v) is 8.37. The van der Waals surface area contributed by atoms with E-state index >= 15 is 0 Å². The van der Waals surface area contributed by atoms with Crippen molar-refractivity contribution in [3.05, 3.63) is 0 Å². The van der Waals surface area contributed by atoms with E-state index in [4.69, 9.17) is 20.1 Å². The Bertz CT molecular complexity index is 347. The van der Waals surface area contributed by atoms with Crippen molar-refractivity contribution in [2.24, 2.45) is 5.92 Å². The molecule has 5 N–H and O–H groups in total. The highest BCUT2D eigenvalue weighted by Crippen LogP contribution is 2.19. The van der Waals surface area contributed by atoms with Crippen LogP contribution in [0.1, 0.15) is 51.4 Å². The van der Waals surface area contributed by atoms with Crippen molar-refractivity contribution in [2.75, 3.05) is 19.8 Å². The van der Waals surface area contributed by atoms with E-state index in [1.54, 1.807) is 0 Å². The van der Waals surface area contributed by atoms with Crippen molar-refractivity contribution < 1.29 is 39.9 Å². The molecule has 3 unspecified atom stereocenters. The van der Waals surface area contributed by atoms with E-state index in [1.165, 1.54) is 0 Å². The summed E-state index contributed by atoms with van der Waals surface area (Å²) in [6.07, 6.45) is 2.41. The van der Waals surface area contributed by atoms with Crippen LogP contribution in [0.15, 0.2) is 0 Å². The van der Waals surface area contributed by atoms with Crippen LogP contribution in [0.5, 0.6) is 0 Å². The average molecular weight is 350 g/mol. The molecule has 0 fully saturated rings. The Morgan fingerprint density at radius 3 is 2.04 bits per heavy atom. The van der Waals surface area contributed by atoms with Gasteiger partial charge >= 0.3 is 11.9 Å². The molecule has 24 heavy (non-hydrogen) atoms. The molecule has 0 spiro atoms. The lowest BCUT2D eigenvalue weighted by molar-refractivity contribution is -0.154. The van der Waals surface area contributed by atoms with Gasteiger partial charge < -0.3 is 30.3 Å². The normalized spacial score (nSPS) is 14.8. The molecule has 0 aromatic carbocycles. The second kappa shape index (κ2) is 14.2. The van der Waals surface area contributed by atoms with Crippen LogP contribution in [0.2, 0.25) is 0 Å². The molecule has 3 atom stereocenters. The Morgan fingerprint density at radius 2 is 1.46 bits per heavy atom. The molecule has 0 saturated carbocycles. The Labute approximate surface area is 142 Å². The van der Waals surface area contributed by atoms with E-state index in [2.05, 4.69) is 0 Å². The van der Waals surface area contributed by atoms with Crippen LogP contribution < -0.4 is 0 Å². The number of hydrogen-bond acceptors (Lipinski definition) is 7. The fourth-order valence-corrected chi connectivity index (χ4v) is 2.28. The molecule has 0 aromatic heterocycles. The molecule has 142 valence electrons. The minimum absolute atomic E-state index is 0.0730. The first kappa shape index (κ1) is 22.8. The highest BCUT2D eigenvalue weighted by atomic mass is 16.5. The summed E-state index contributed by atoms with van der Waals surface area (Å²) in [5, 5.41) is 44.9. The average Bonchev–Trinajstić information content (AvgIpc) is 2.56. The van der Waals surface area contributed by atoms with Gasteiger partial charge in [-0.15, -0.1) is 0 Å². The molecule has 0 saturated heterocycles. The number of carboxylic acid groups (broad SMARTS) is 1. The van der Waals surface area contributed by atoms with Crippen LogP contribution in [0.25, 0.3) is 0 Å². The van der Waals surface area contributed by atoms with Crippen molar-refractivity contribution >= 4 is 11.9 Å². The summed E-state index contributed by atoms with van der Waals surface area (Å²) in [6.45, 7) is -1.26. The molecule has 0 bridgehead atoms. The zero-order valence-corrected chi connectivity index (χ0v) is 14.0. The quantitative estimate of drug-likeness (QED) is 0.206. The Hall–Kier alpha value is -1.22. The summed E-state index contributed by atoms with van der Waals surface area (Å²) in [6, 6.07) is 0. The molecular weight excluding hydrogens is 320 g/mol. The van der Waals surface area contributed by atoms with Crippen LogP contribution in [-0.4, -0.2) is 69.5 Å². The van der Waals surface area contributed by atoms with E-state index in [0.29, 0.717) is 19.3 Å². The molecule has 8 nitrogen and oxygen atoms in total. The van der Waals surface area contributed by atoms with Gasteiger partial charge in [-0.05, 0) is 19.3 Å². The SMILES string of the molecule is O=C(O)CCCCCCCC(CC(O)CO)C(=O)OCC(O)CO. The van der Waals surface area contributed by atoms with Gasteiger partial charge in [0.05, 0.1) is 25.2 Å². The van der Waals surface area contributed by atoms with Crippen molar-refractivity contribution in [3.8, 4) is 0 Å². The second-order valence-electron chi connectivity index (χ2n) is 5.94. The zero-order valence-electron chi connectivity index (χ0n) is 14.0. The molecule has 0 aliphatic heterocycles. The third kappa shape index (κ3) is 12.2. The summed E-state index contributed by atoms with van der Waals surface area (Å²) >= 11 is 0. The summed E-state index contributed by atoms with van der Waals surface area (Å²) in [4.78, 5) is 22.4. The van der Waals surface area contributed by atoms with Crippen molar-refractivity contribution in [1.82, 2.24) is 0 Å². The largest absolute Gasteiger partial charge is 0.481 e. The zero-order chi connectivity index (χ0) is 18.4. The Morgan fingerprint density at radius 1 is 0.875 bits per heavy atom. The monoisotopic (exact) mass is 350 g/mol. The lowest BCUT2D eigenvalue weighted by Crippen LogP contribution is -2.28. The number of ether oxygens (including phenoxy) is 1. The Kier molecular flexibility index (Phi) is 13.4. The van der Waals surface area contributed by atoms with Gasteiger partial charge in [0.2, 0.25) is 0 Å². The molecule has 0 rings (SSSR count). The predicted molar refractivity (Wildman–Crippen MR) is 85.2 cm³/mol. The maximum Gasteiger partial charge on any atom is 0.309 e. The molecule has 0 aliphatic rings. The van der Waals surface area contributed by atoms with Gasteiger partial charge in [-0.3, -0.25) is 9.59 Å². The van der Waals surface area contributed by atoms with Crippen LogP contribution in [0.4, 0.5) is 0 Å². The minimum Gasteiger partial charge on any atom is -0.481 e. The standard InChI is InChI=1S/C16H30O8/c17-9-13(19)8-12(16(23)24-11-14(20)10-18)6-4-2-1-3-5-7-15(21)22/h12-14,17-20H,1-11H2,(H,21,22). The number of esters is 1. The fourth-order valence-electron chi connectivity index (χ4n) is 2.28. The van der Waals surface area contributed by atoms with Gasteiger partial charge in [0.15, 0.2) is 0 Å². The first-order chi connectivity index (χ1) is 11.4. The third-order valence-electron chi connectivity index (χ3n) is 3.67. The number of aliphatic hydroxyl groups is 4. The van der Waals surface area contributed by atoms with Crippen molar-refractivity contribution in [2.45, 2.75) is 63.6 Å². The van der Waals surface area contributed by atoms with Crippen LogP contribution in [-0.2, 0) is 14.3 Å². The van der Waals surface area contributed by atoms with Gasteiger partial charge in [0.1, 0.15) is 12.7 Å². The molecule has 0 aliphatic carbocycles. The third-order valence-corrected chi connectivity index (χ3v) is 3.67. The highest BCUT2D eigenvalue weighted by molar-refractivity contribution is 5.72. The van der Waals surface area contributed by atoms with E-state index in [1.807, 2.05) is 0 Å². The van der Waals surface area contributed by atoms with Gasteiger partial charge in [-0.2, -0.15) is 0 Å². The predicted octanol–water partition coefficient (Wildman–Crippen LogP) is 0.0576. The minimum atomic E-state index is -1.13. The van der Waals surface area contributed by atoms with Crippen molar-refractivity contribution in [1.29, 1.82) is 0 Å². The molecular formula is C16H30O8. The van der Waals surface area contributed by atoms with E-state index in [0.717, 1.165) is 19.3 Å². The number of carbonyl (C=O) groups is 2. The topological polar surface area (TPSA) is 145 Å². The first-order valence-electron chi connectivity index (χ1n) is 8.37. The van der Waals surface area contributed by atoms with Gasteiger partial charge in [-0.1, -0.05) is 25.7 Å². The summed E-state index contributed by atoms with van der Waals surface area (Å²) in [5.74, 6) is -1.96. The van der Waals surface area contributed by atoms with E-state index in [9.17, 15) is 19.8 Å². The Balaban J connectivity index is 4.11. The number of aliphatic hydroxyl groups excluding tert-OH is 4. The molecule has 0 amide bonds. The van der Waals surface area contributed by atoms with Crippen LogP contribution in [0.3, 0.4) is 0 Å². The number of carboxylic acids is 1.